The molecule has 1 aromatic heterocycles. The van der Waals surface area contributed by atoms with Crippen LogP contribution in [0.1, 0.15) is 24.0 Å². The highest BCUT2D eigenvalue weighted by Gasteiger charge is 2.30. The van der Waals surface area contributed by atoms with Gasteiger partial charge in [-0.1, -0.05) is 30.3 Å². The number of nitrogens with zero attached hydrogens (tertiary/aromatic N) is 3. The molecule has 3 aromatic rings. The summed E-state index contributed by atoms with van der Waals surface area (Å²) >= 11 is 1.17. The molecular formula is C23H26F2N4O2S2. The Hall–Kier alpha value is -2.56. The predicted molar refractivity (Wildman–Crippen MR) is 127 cm³/mol. The van der Waals surface area contributed by atoms with Gasteiger partial charge >= 0.3 is 0 Å². The zero-order valence-corrected chi connectivity index (χ0v) is 20.1. The van der Waals surface area contributed by atoms with Crippen LogP contribution in [0.15, 0.2) is 52.2 Å². The molecule has 1 N–H and O–H groups in total. The molecule has 33 heavy (non-hydrogen) atoms. The van der Waals surface area contributed by atoms with Crippen LogP contribution in [-0.4, -0.2) is 44.5 Å². The molecule has 2 heterocycles. The normalized spacial score (nSPS) is 15.5. The minimum Gasteiger partial charge on any atom is -0.371 e. The van der Waals surface area contributed by atoms with E-state index in [9.17, 15) is 12.8 Å². The number of anilines is 2. The first-order chi connectivity index (χ1) is 15.8. The summed E-state index contributed by atoms with van der Waals surface area (Å²) in [6, 6.07) is 11.5. The van der Waals surface area contributed by atoms with Crippen molar-refractivity contribution in [1.29, 1.82) is 0 Å². The van der Waals surface area contributed by atoms with E-state index < -0.39 is 26.6 Å². The molecule has 10 heteroatoms. The highest BCUT2D eigenvalue weighted by molar-refractivity contribution is 7.92. The van der Waals surface area contributed by atoms with Gasteiger partial charge in [-0.05, 0) is 31.4 Å². The molecule has 0 radical (unpaired) electrons. The third-order valence-electron chi connectivity index (χ3n) is 6.07. The van der Waals surface area contributed by atoms with Crippen molar-refractivity contribution in [3.8, 4) is 0 Å². The van der Waals surface area contributed by atoms with Crippen molar-refractivity contribution in [2.24, 2.45) is 0 Å². The molecule has 4 rings (SSSR count). The van der Waals surface area contributed by atoms with Gasteiger partial charge in [0.25, 0.3) is 10.0 Å². The van der Waals surface area contributed by atoms with Gasteiger partial charge in [0.2, 0.25) is 0 Å². The van der Waals surface area contributed by atoms with E-state index in [0.717, 1.165) is 38.5 Å². The largest absolute Gasteiger partial charge is 0.371 e. The Morgan fingerprint density at radius 2 is 1.91 bits per heavy atom. The van der Waals surface area contributed by atoms with Crippen LogP contribution in [-0.2, 0) is 16.6 Å². The summed E-state index contributed by atoms with van der Waals surface area (Å²) in [5.41, 5.74) is 3.15. The molecule has 2 aromatic carbocycles. The Morgan fingerprint density at radius 1 is 1.21 bits per heavy atom. The molecule has 0 spiro atoms. The molecule has 0 bridgehead atoms. The van der Waals surface area contributed by atoms with Gasteiger partial charge in [-0.15, -0.1) is 11.3 Å². The number of thiazole rings is 1. The van der Waals surface area contributed by atoms with E-state index in [0.29, 0.717) is 5.69 Å². The monoisotopic (exact) mass is 492 g/mol. The first-order valence-corrected chi connectivity index (χ1v) is 13.1. The van der Waals surface area contributed by atoms with Gasteiger partial charge in [-0.25, -0.2) is 22.2 Å². The number of sulfonamides is 1. The second kappa shape index (κ2) is 9.74. The number of aromatic nitrogens is 1. The lowest BCUT2D eigenvalue weighted by Crippen LogP contribution is -2.43. The Balaban J connectivity index is 1.49. The van der Waals surface area contributed by atoms with Crippen LogP contribution in [0.2, 0.25) is 0 Å². The van der Waals surface area contributed by atoms with Crippen LogP contribution < -0.4 is 9.62 Å². The standard InChI is InChI=1S/C23H26F2N4O2S2/c1-16-20(12-19(24)23(22(16)25)33(30,31)27-21-14-32-15-26-21)28(2)18-8-10-29(11-9-18)13-17-6-4-3-5-7-17/h3-7,12,14-15,18,27H,8-11,13H2,1-2H3. The fourth-order valence-electron chi connectivity index (χ4n) is 4.25. The van der Waals surface area contributed by atoms with E-state index in [1.165, 1.54) is 34.7 Å². The van der Waals surface area contributed by atoms with E-state index in [1.807, 2.05) is 23.1 Å². The molecule has 6 nitrogen and oxygen atoms in total. The number of hydrogen-bond donors (Lipinski definition) is 1. The van der Waals surface area contributed by atoms with E-state index in [1.54, 1.807) is 7.05 Å². The lowest BCUT2D eigenvalue weighted by Gasteiger charge is -2.38. The number of hydrogen-bond acceptors (Lipinski definition) is 6. The van der Waals surface area contributed by atoms with Gasteiger partial charge in [-0.3, -0.25) is 9.62 Å². The van der Waals surface area contributed by atoms with Gasteiger partial charge in [0.15, 0.2) is 16.5 Å². The van der Waals surface area contributed by atoms with Crippen LogP contribution in [0.3, 0.4) is 0 Å². The quantitative estimate of drug-likeness (QED) is 0.521. The maximum Gasteiger partial charge on any atom is 0.268 e. The maximum atomic E-state index is 15.2. The first kappa shape index (κ1) is 23.6. The molecule has 1 aliphatic heterocycles. The summed E-state index contributed by atoms with van der Waals surface area (Å²) in [4.78, 5) is 7.07. The fraction of sp³-hybridized carbons (Fsp3) is 0.348. The molecule has 0 amide bonds. The maximum absolute atomic E-state index is 15.2. The van der Waals surface area contributed by atoms with Gasteiger partial charge in [0, 0.05) is 49.4 Å². The lowest BCUT2D eigenvalue weighted by molar-refractivity contribution is 0.203. The van der Waals surface area contributed by atoms with E-state index >= 15 is 4.39 Å². The van der Waals surface area contributed by atoms with E-state index in [2.05, 4.69) is 26.7 Å². The molecular weight excluding hydrogens is 466 g/mol. The minimum absolute atomic E-state index is 0.0277. The molecule has 0 saturated carbocycles. The smallest absolute Gasteiger partial charge is 0.268 e. The van der Waals surface area contributed by atoms with Crippen molar-refractivity contribution >= 4 is 32.9 Å². The number of benzene rings is 2. The molecule has 1 aliphatic rings. The molecule has 0 unspecified atom stereocenters. The zero-order chi connectivity index (χ0) is 23.6. The van der Waals surface area contributed by atoms with Gasteiger partial charge in [-0.2, -0.15) is 0 Å². The number of halogens is 2. The second-order valence-electron chi connectivity index (χ2n) is 8.23. The topological polar surface area (TPSA) is 65.5 Å². The molecule has 1 fully saturated rings. The zero-order valence-electron chi connectivity index (χ0n) is 18.5. The highest BCUT2D eigenvalue weighted by Crippen LogP contribution is 2.33. The van der Waals surface area contributed by atoms with Crippen molar-refractivity contribution in [3.63, 3.8) is 0 Å². The molecule has 1 saturated heterocycles. The fourth-order valence-corrected chi connectivity index (χ4v) is 6.00. The molecule has 0 atom stereocenters. The van der Waals surface area contributed by atoms with E-state index in [-0.39, 0.29) is 17.4 Å². The Kier molecular flexibility index (Phi) is 6.96. The molecule has 176 valence electrons. The Morgan fingerprint density at radius 3 is 2.55 bits per heavy atom. The minimum atomic E-state index is -4.45. The van der Waals surface area contributed by atoms with Crippen LogP contribution >= 0.6 is 11.3 Å². The second-order valence-corrected chi connectivity index (χ2v) is 10.6. The Labute approximate surface area is 196 Å². The van der Waals surface area contributed by atoms with Gasteiger partial charge in [0.1, 0.15) is 5.82 Å². The molecule has 0 aliphatic carbocycles. The highest BCUT2D eigenvalue weighted by atomic mass is 32.2. The third kappa shape index (κ3) is 5.18. The van der Waals surface area contributed by atoms with Crippen molar-refractivity contribution in [2.45, 2.75) is 37.2 Å². The van der Waals surface area contributed by atoms with E-state index in [4.69, 9.17) is 0 Å². The number of piperidine rings is 1. The first-order valence-electron chi connectivity index (χ1n) is 10.6. The summed E-state index contributed by atoms with van der Waals surface area (Å²) in [6.07, 6.45) is 1.69. The number of rotatable bonds is 7. The van der Waals surface area contributed by atoms with Crippen LogP contribution in [0.4, 0.5) is 20.3 Å². The lowest BCUT2D eigenvalue weighted by atomic mass is 10.0. The van der Waals surface area contributed by atoms with Crippen LogP contribution in [0, 0.1) is 18.6 Å². The predicted octanol–water partition coefficient (Wildman–Crippen LogP) is 4.63. The van der Waals surface area contributed by atoms with Crippen molar-refractivity contribution in [1.82, 2.24) is 9.88 Å². The summed E-state index contributed by atoms with van der Waals surface area (Å²) < 4.78 is 57.5. The average molecular weight is 493 g/mol. The van der Waals surface area contributed by atoms with Crippen LogP contribution in [0.5, 0.6) is 0 Å². The number of nitrogens with one attached hydrogen (secondary N) is 1. The van der Waals surface area contributed by atoms with Crippen molar-refractivity contribution in [2.75, 3.05) is 29.8 Å². The summed E-state index contributed by atoms with van der Waals surface area (Å²) in [7, 11) is -2.65. The van der Waals surface area contributed by atoms with Gasteiger partial charge < -0.3 is 4.90 Å². The summed E-state index contributed by atoms with van der Waals surface area (Å²) in [5, 5.41) is 1.45. The van der Waals surface area contributed by atoms with Crippen molar-refractivity contribution in [3.05, 3.63) is 70.1 Å². The SMILES string of the molecule is Cc1c(N(C)C2CCN(Cc3ccccc3)CC2)cc(F)c(S(=O)(=O)Nc2cscn2)c1F. The van der Waals surface area contributed by atoms with Crippen molar-refractivity contribution < 1.29 is 17.2 Å². The van der Waals surface area contributed by atoms with Crippen LogP contribution in [0.25, 0.3) is 0 Å². The Bertz CT molecular complexity index is 1200. The third-order valence-corrected chi connectivity index (χ3v) is 8.04. The van der Waals surface area contributed by atoms with Gasteiger partial charge in [0.05, 0.1) is 5.51 Å². The summed E-state index contributed by atoms with van der Waals surface area (Å²) in [6.45, 7) is 4.10. The number of likely N-dealkylation sites (tertiary alicyclic amines) is 1. The summed E-state index contributed by atoms with van der Waals surface area (Å²) in [5.74, 6) is -2.18. The average Bonchev–Trinajstić information content (AvgIpc) is 3.29.